The summed E-state index contributed by atoms with van der Waals surface area (Å²) in [6.45, 7) is 8.60. The van der Waals surface area contributed by atoms with E-state index in [1.54, 1.807) is 6.92 Å². The van der Waals surface area contributed by atoms with Crippen molar-refractivity contribution in [1.82, 2.24) is 14.3 Å². The second kappa shape index (κ2) is 11.8. The number of rotatable bonds is 9. The van der Waals surface area contributed by atoms with Crippen molar-refractivity contribution in [1.29, 1.82) is 0 Å². The maximum absolute atomic E-state index is 15.7. The minimum atomic E-state index is -0.820. The first-order chi connectivity index (χ1) is 19.7. The summed E-state index contributed by atoms with van der Waals surface area (Å²) in [5, 5.41) is 4.47. The van der Waals surface area contributed by atoms with Crippen LogP contribution in [0.15, 0.2) is 77.6 Å². The van der Waals surface area contributed by atoms with Crippen molar-refractivity contribution in [3.63, 3.8) is 0 Å². The molecule has 41 heavy (non-hydrogen) atoms. The van der Waals surface area contributed by atoms with Gasteiger partial charge in [0.15, 0.2) is 5.82 Å². The van der Waals surface area contributed by atoms with Crippen molar-refractivity contribution in [2.75, 3.05) is 11.4 Å². The van der Waals surface area contributed by atoms with Crippen LogP contribution in [-0.2, 0) is 24.5 Å². The molecule has 212 valence electrons. The van der Waals surface area contributed by atoms with Gasteiger partial charge in [0.05, 0.1) is 17.3 Å². The van der Waals surface area contributed by atoms with Crippen LogP contribution in [0.2, 0.25) is 5.02 Å². The zero-order valence-electron chi connectivity index (χ0n) is 22.7. The summed E-state index contributed by atoms with van der Waals surface area (Å²) >= 11 is 6.28. The van der Waals surface area contributed by atoms with Crippen molar-refractivity contribution in [2.24, 2.45) is 0 Å². The predicted octanol–water partition coefficient (Wildman–Crippen LogP) is 6.41. The van der Waals surface area contributed by atoms with Gasteiger partial charge in [0, 0.05) is 24.6 Å². The second-order valence-electron chi connectivity index (χ2n) is 9.77. The van der Waals surface area contributed by atoms with Crippen LogP contribution >= 0.6 is 11.6 Å². The molecule has 10 heteroatoms. The molecule has 0 spiro atoms. The van der Waals surface area contributed by atoms with Gasteiger partial charge in [-0.2, -0.15) is 4.68 Å². The fourth-order valence-corrected chi connectivity index (χ4v) is 5.38. The van der Waals surface area contributed by atoms with E-state index in [4.69, 9.17) is 16.3 Å². The SMILES string of the molecule is C=C(CC)C1CN(c2c(F)cccc2Cl)C(=O)c2cc(F)c(-n3nc(COCc4ccccc4)n(CC)c3=O)cc21. The number of para-hydroxylation sites is 1. The Morgan fingerprint density at radius 2 is 1.80 bits per heavy atom. The Labute approximate surface area is 241 Å². The number of anilines is 1. The molecule has 5 rings (SSSR count). The van der Waals surface area contributed by atoms with Gasteiger partial charge in [-0.1, -0.05) is 67.1 Å². The quantitative estimate of drug-likeness (QED) is 0.215. The van der Waals surface area contributed by atoms with Crippen LogP contribution in [0, 0.1) is 11.6 Å². The standard InChI is InChI=1S/C31H29ClF2N4O3/c1-4-19(3)23-16-37(29-24(32)12-9-13-25(29)33)30(39)22-14-26(34)27(15-21(22)23)38-31(40)36(5-2)28(35-38)18-41-17-20-10-7-6-8-11-20/h6-15,23H,3-5,16-18H2,1-2H3. The molecule has 1 atom stereocenters. The first-order valence-electron chi connectivity index (χ1n) is 13.3. The summed E-state index contributed by atoms with van der Waals surface area (Å²) < 4.78 is 38.7. The van der Waals surface area contributed by atoms with Crippen LogP contribution < -0.4 is 10.6 Å². The topological polar surface area (TPSA) is 69.4 Å². The van der Waals surface area contributed by atoms with Crippen LogP contribution in [0.4, 0.5) is 14.5 Å². The molecule has 1 amide bonds. The van der Waals surface area contributed by atoms with Gasteiger partial charge in [-0.25, -0.2) is 13.6 Å². The van der Waals surface area contributed by atoms with E-state index in [-0.39, 0.29) is 35.1 Å². The minimum Gasteiger partial charge on any atom is -0.369 e. The summed E-state index contributed by atoms with van der Waals surface area (Å²) in [5.41, 5.74) is 1.57. The molecule has 4 aromatic rings. The van der Waals surface area contributed by atoms with Crippen molar-refractivity contribution in [3.8, 4) is 5.69 Å². The highest BCUT2D eigenvalue weighted by molar-refractivity contribution is 6.34. The summed E-state index contributed by atoms with van der Waals surface area (Å²) in [7, 11) is 0. The van der Waals surface area contributed by atoms with Crippen LogP contribution in [0.3, 0.4) is 0 Å². The number of nitrogens with zero attached hydrogens (tertiary/aromatic N) is 4. The zero-order chi connectivity index (χ0) is 29.3. The van der Waals surface area contributed by atoms with Gasteiger partial charge in [-0.15, -0.1) is 5.10 Å². The Balaban J connectivity index is 1.54. The van der Waals surface area contributed by atoms with E-state index < -0.39 is 29.1 Å². The van der Waals surface area contributed by atoms with Crippen molar-refractivity contribution >= 4 is 23.2 Å². The highest BCUT2D eigenvalue weighted by Crippen LogP contribution is 2.40. The molecule has 0 bridgehead atoms. The molecular weight excluding hydrogens is 550 g/mol. The maximum atomic E-state index is 15.7. The van der Waals surface area contributed by atoms with Gasteiger partial charge in [-0.05, 0) is 48.7 Å². The van der Waals surface area contributed by atoms with Crippen molar-refractivity contribution < 1.29 is 18.3 Å². The monoisotopic (exact) mass is 578 g/mol. The third-order valence-electron chi connectivity index (χ3n) is 7.32. The number of fused-ring (bicyclic) bond motifs is 1. The highest BCUT2D eigenvalue weighted by Gasteiger charge is 2.36. The number of halogens is 3. The Bertz CT molecular complexity index is 1660. The number of hydrogen-bond donors (Lipinski definition) is 0. The number of aromatic nitrogens is 3. The van der Waals surface area contributed by atoms with Crippen LogP contribution in [0.1, 0.15) is 53.5 Å². The predicted molar refractivity (Wildman–Crippen MR) is 154 cm³/mol. The molecule has 0 fully saturated rings. The van der Waals surface area contributed by atoms with Gasteiger partial charge in [-0.3, -0.25) is 9.36 Å². The average Bonchev–Trinajstić information content (AvgIpc) is 3.28. The number of hydrogen-bond acceptors (Lipinski definition) is 4. The van der Waals surface area contributed by atoms with E-state index in [1.165, 1.54) is 33.7 Å². The van der Waals surface area contributed by atoms with Crippen molar-refractivity contribution in [2.45, 2.75) is 45.9 Å². The van der Waals surface area contributed by atoms with E-state index in [2.05, 4.69) is 11.7 Å². The molecule has 1 aliphatic rings. The molecule has 0 N–H and O–H groups in total. The fourth-order valence-electron chi connectivity index (χ4n) is 5.11. The molecule has 7 nitrogen and oxygen atoms in total. The molecular formula is C31H29ClF2N4O3. The maximum Gasteiger partial charge on any atom is 0.350 e. The summed E-state index contributed by atoms with van der Waals surface area (Å²) in [5.74, 6) is -2.19. The van der Waals surface area contributed by atoms with Gasteiger partial charge in [0.25, 0.3) is 5.91 Å². The Morgan fingerprint density at radius 3 is 2.49 bits per heavy atom. The lowest BCUT2D eigenvalue weighted by atomic mass is 9.83. The molecule has 0 saturated carbocycles. The first kappa shape index (κ1) is 28.4. The molecule has 3 aromatic carbocycles. The Hall–Kier alpha value is -4.08. The molecule has 2 heterocycles. The van der Waals surface area contributed by atoms with E-state index in [0.717, 1.165) is 21.9 Å². The van der Waals surface area contributed by atoms with Crippen LogP contribution in [0.5, 0.6) is 0 Å². The third-order valence-corrected chi connectivity index (χ3v) is 7.62. The molecule has 0 radical (unpaired) electrons. The summed E-state index contributed by atoms with van der Waals surface area (Å²) in [6.07, 6.45) is 0.567. The van der Waals surface area contributed by atoms with Crippen LogP contribution in [0.25, 0.3) is 5.69 Å². The first-order valence-corrected chi connectivity index (χ1v) is 13.7. The van der Waals surface area contributed by atoms with Gasteiger partial charge in [0.1, 0.15) is 23.9 Å². The van der Waals surface area contributed by atoms with Gasteiger partial charge < -0.3 is 9.64 Å². The number of carbonyl (C=O) groups excluding carboxylic acids is 1. The average molecular weight is 579 g/mol. The van der Waals surface area contributed by atoms with Gasteiger partial charge in [0.2, 0.25) is 0 Å². The summed E-state index contributed by atoms with van der Waals surface area (Å²) in [6, 6.07) is 16.3. The molecule has 1 aromatic heterocycles. The van der Waals surface area contributed by atoms with E-state index in [0.29, 0.717) is 31.0 Å². The number of carbonyl (C=O) groups is 1. The second-order valence-corrected chi connectivity index (χ2v) is 10.2. The summed E-state index contributed by atoms with van der Waals surface area (Å²) in [4.78, 5) is 28.1. The lowest BCUT2D eigenvalue weighted by Gasteiger charge is -2.36. The molecule has 1 aliphatic heterocycles. The van der Waals surface area contributed by atoms with E-state index >= 15 is 4.39 Å². The minimum absolute atomic E-state index is 0.0453. The molecule has 0 saturated heterocycles. The molecule has 1 unspecified atom stereocenters. The van der Waals surface area contributed by atoms with Crippen molar-refractivity contribution in [3.05, 3.63) is 122 Å². The fraction of sp³-hybridized carbons (Fsp3) is 0.258. The number of benzene rings is 3. The smallest absolute Gasteiger partial charge is 0.350 e. The number of amides is 1. The number of ether oxygens (including phenoxy) is 1. The van der Waals surface area contributed by atoms with Gasteiger partial charge >= 0.3 is 5.69 Å². The Kier molecular flexibility index (Phi) is 8.19. The molecule has 0 aliphatic carbocycles. The van der Waals surface area contributed by atoms with E-state index in [9.17, 15) is 14.0 Å². The van der Waals surface area contributed by atoms with Crippen LogP contribution in [-0.4, -0.2) is 26.8 Å². The largest absolute Gasteiger partial charge is 0.369 e. The highest BCUT2D eigenvalue weighted by atomic mass is 35.5. The zero-order valence-corrected chi connectivity index (χ0v) is 23.5. The third kappa shape index (κ3) is 5.35. The lowest BCUT2D eigenvalue weighted by Crippen LogP contribution is -2.41. The lowest BCUT2D eigenvalue weighted by molar-refractivity contribution is 0.0976. The normalized spacial score (nSPS) is 14.8. The van der Waals surface area contributed by atoms with E-state index in [1.807, 2.05) is 37.3 Å². The Morgan fingerprint density at radius 1 is 1.05 bits per heavy atom.